The van der Waals surface area contributed by atoms with Gasteiger partial charge in [-0.3, -0.25) is 19.6 Å². The molecule has 1 aliphatic rings. The number of hydrogen-bond acceptors (Lipinski definition) is 7. The number of carbonyl (C=O) groups is 1. The Balaban J connectivity index is 1.45. The number of hydrogen-bond donors (Lipinski definition) is 4. The van der Waals surface area contributed by atoms with Crippen LogP contribution in [0.25, 0.3) is 22.2 Å². The highest BCUT2D eigenvalue weighted by molar-refractivity contribution is 6.33. The molecule has 2 aromatic heterocycles. The van der Waals surface area contributed by atoms with Crippen molar-refractivity contribution in [1.29, 1.82) is 0 Å². The molecule has 1 aliphatic heterocycles. The van der Waals surface area contributed by atoms with Crippen molar-refractivity contribution in [2.45, 2.75) is 32.2 Å². The second-order valence-corrected chi connectivity index (χ2v) is 9.43. The summed E-state index contributed by atoms with van der Waals surface area (Å²) in [6.07, 6.45) is 3.98. The van der Waals surface area contributed by atoms with Crippen molar-refractivity contribution in [3.8, 4) is 11.1 Å². The lowest BCUT2D eigenvalue weighted by Crippen LogP contribution is -2.30. The Labute approximate surface area is 219 Å². The lowest BCUT2D eigenvalue weighted by molar-refractivity contribution is 0.0953. The fourth-order valence-corrected chi connectivity index (χ4v) is 5.07. The van der Waals surface area contributed by atoms with Gasteiger partial charge in [0, 0.05) is 45.5 Å². The Morgan fingerprint density at radius 3 is 2.57 bits per heavy atom. The van der Waals surface area contributed by atoms with E-state index in [1.165, 1.54) is 11.6 Å². The second kappa shape index (κ2) is 10.7. The molecule has 0 unspecified atom stereocenters. The van der Waals surface area contributed by atoms with Crippen LogP contribution in [0, 0.1) is 0 Å². The molecule has 0 saturated carbocycles. The van der Waals surface area contributed by atoms with Crippen LogP contribution < -0.4 is 27.5 Å². The molecule has 0 atom stereocenters. The van der Waals surface area contributed by atoms with E-state index < -0.39 is 5.91 Å². The first kappa shape index (κ1) is 24.9. The first-order chi connectivity index (χ1) is 18.0. The topological polar surface area (TPSA) is 127 Å². The minimum atomic E-state index is -0.465. The molecule has 3 heterocycles. The molecule has 9 nitrogen and oxygen atoms in total. The van der Waals surface area contributed by atoms with E-state index in [0.717, 1.165) is 31.6 Å². The summed E-state index contributed by atoms with van der Waals surface area (Å²) >= 11 is 6.45. The molecule has 4 aromatic rings. The van der Waals surface area contributed by atoms with Gasteiger partial charge in [-0.05, 0) is 74.7 Å². The number of piperidine rings is 1. The van der Waals surface area contributed by atoms with Crippen molar-refractivity contribution in [3.63, 3.8) is 0 Å². The summed E-state index contributed by atoms with van der Waals surface area (Å²) in [7, 11) is 0. The standard InChI is InChI=1S/C27H28ClN7O2/c1-2-35-24-19(13-22(26(35)37)21-8-5-18(14-23(21)28)25(36)34-29)15-31-27(33-24)32-20-6-3-16(4-7-20)17-9-11-30-12-10-17/h3-8,13-15,17,30H,2,9-12,29H2,1H3,(H,34,36)(H,31,32,33). The number of hydrazine groups is 1. The molecule has 1 saturated heterocycles. The second-order valence-electron chi connectivity index (χ2n) is 9.02. The van der Waals surface area contributed by atoms with Crippen LogP contribution in [0.2, 0.25) is 5.02 Å². The van der Waals surface area contributed by atoms with Crippen molar-refractivity contribution in [2.24, 2.45) is 5.84 Å². The Hall–Kier alpha value is -3.79. The predicted octanol–water partition coefficient (Wildman–Crippen LogP) is 3.95. The average Bonchev–Trinajstić information content (AvgIpc) is 2.93. The van der Waals surface area contributed by atoms with Gasteiger partial charge in [0.05, 0.1) is 0 Å². The van der Waals surface area contributed by atoms with Crippen molar-refractivity contribution < 1.29 is 4.79 Å². The van der Waals surface area contributed by atoms with Crippen molar-refractivity contribution >= 4 is 40.2 Å². The number of aryl methyl sites for hydroxylation is 1. The van der Waals surface area contributed by atoms with E-state index in [2.05, 4.69) is 38.2 Å². The first-order valence-electron chi connectivity index (χ1n) is 12.3. The number of fused-ring (bicyclic) bond motifs is 1. The highest BCUT2D eigenvalue weighted by Crippen LogP contribution is 2.30. The lowest BCUT2D eigenvalue weighted by atomic mass is 9.90. The van der Waals surface area contributed by atoms with Gasteiger partial charge in [-0.25, -0.2) is 10.8 Å². The van der Waals surface area contributed by atoms with Crippen LogP contribution in [0.15, 0.2) is 59.5 Å². The summed E-state index contributed by atoms with van der Waals surface area (Å²) in [5.74, 6) is 5.74. The maximum atomic E-state index is 13.4. The number of nitrogen functional groups attached to an aromatic ring is 1. The molecule has 0 bridgehead atoms. The molecular formula is C27H28ClN7O2. The van der Waals surface area contributed by atoms with E-state index in [0.29, 0.717) is 46.1 Å². The molecule has 2 aromatic carbocycles. The summed E-state index contributed by atoms with van der Waals surface area (Å²) in [5.41, 5.74) is 5.80. The van der Waals surface area contributed by atoms with Crippen LogP contribution in [0.1, 0.15) is 41.6 Å². The lowest BCUT2D eigenvalue weighted by Gasteiger charge is -2.23. The third kappa shape index (κ3) is 5.06. The van der Waals surface area contributed by atoms with Gasteiger partial charge in [0.1, 0.15) is 5.65 Å². The number of rotatable bonds is 6. The van der Waals surface area contributed by atoms with Gasteiger partial charge in [0.25, 0.3) is 11.5 Å². The van der Waals surface area contributed by atoms with E-state index in [9.17, 15) is 9.59 Å². The number of amides is 1. The third-order valence-corrected chi connectivity index (χ3v) is 7.09. The number of halogens is 1. The molecule has 0 spiro atoms. The van der Waals surface area contributed by atoms with Gasteiger partial charge in [-0.15, -0.1) is 0 Å². The fourth-order valence-electron chi connectivity index (χ4n) is 4.79. The largest absolute Gasteiger partial charge is 0.324 e. The molecule has 0 radical (unpaired) electrons. The molecule has 5 N–H and O–H groups in total. The van der Waals surface area contributed by atoms with Gasteiger partial charge >= 0.3 is 0 Å². The molecule has 37 heavy (non-hydrogen) atoms. The van der Waals surface area contributed by atoms with E-state index in [1.54, 1.807) is 29.0 Å². The average molecular weight is 518 g/mol. The first-order valence-corrected chi connectivity index (χ1v) is 12.7. The van der Waals surface area contributed by atoms with Crippen molar-refractivity contribution in [2.75, 3.05) is 18.4 Å². The summed E-state index contributed by atoms with van der Waals surface area (Å²) in [4.78, 5) is 34.4. The van der Waals surface area contributed by atoms with Gasteiger partial charge in [-0.2, -0.15) is 4.98 Å². The molecule has 1 amide bonds. The highest BCUT2D eigenvalue weighted by atomic mass is 35.5. The third-order valence-electron chi connectivity index (χ3n) is 6.77. The Morgan fingerprint density at radius 1 is 1.14 bits per heavy atom. The van der Waals surface area contributed by atoms with Crippen molar-refractivity contribution in [1.82, 2.24) is 25.3 Å². The van der Waals surface area contributed by atoms with E-state index in [1.807, 2.05) is 19.1 Å². The summed E-state index contributed by atoms with van der Waals surface area (Å²) < 4.78 is 1.59. The number of aromatic nitrogens is 3. The summed E-state index contributed by atoms with van der Waals surface area (Å²) in [5, 5.41) is 7.63. The quantitative estimate of drug-likeness (QED) is 0.173. The molecule has 1 fully saturated rings. The highest BCUT2D eigenvalue weighted by Gasteiger charge is 2.17. The monoisotopic (exact) mass is 517 g/mol. The molecule has 5 rings (SSSR count). The van der Waals surface area contributed by atoms with Gasteiger partial charge in [0.15, 0.2) is 0 Å². The van der Waals surface area contributed by atoms with E-state index in [4.69, 9.17) is 17.4 Å². The van der Waals surface area contributed by atoms with Crippen LogP contribution in [-0.2, 0) is 6.54 Å². The van der Waals surface area contributed by atoms with Crippen LogP contribution in [0.4, 0.5) is 11.6 Å². The minimum absolute atomic E-state index is 0.232. The smallest absolute Gasteiger partial charge is 0.265 e. The fraction of sp³-hybridized carbons (Fsp3) is 0.259. The number of nitrogens with zero attached hydrogens (tertiary/aromatic N) is 3. The zero-order valence-electron chi connectivity index (χ0n) is 20.4. The molecular weight excluding hydrogens is 490 g/mol. The Morgan fingerprint density at radius 2 is 1.89 bits per heavy atom. The zero-order chi connectivity index (χ0) is 25.9. The predicted molar refractivity (Wildman–Crippen MR) is 146 cm³/mol. The maximum absolute atomic E-state index is 13.4. The van der Waals surface area contributed by atoms with Gasteiger partial charge in [0.2, 0.25) is 5.95 Å². The van der Waals surface area contributed by atoms with E-state index >= 15 is 0 Å². The summed E-state index contributed by atoms with van der Waals surface area (Å²) in [6.45, 7) is 4.41. The summed E-state index contributed by atoms with van der Waals surface area (Å²) in [6, 6.07) is 14.8. The van der Waals surface area contributed by atoms with Crippen molar-refractivity contribution in [3.05, 3.63) is 81.2 Å². The van der Waals surface area contributed by atoms with Gasteiger partial charge in [-0.1, -0.05) is 29.8 Å². The van der Waals surface area contributed by atoms with Crippen LogP contribution >= 0.6 is 11.6 Å². The van der Waals surface area contributed by atoms with Crippen LogP contribution in [-0.4, -0.2) is 33.5 Å². The van der Waals surface area contributed by atoms with E-state index in [-0.39, 0.29) is 10.6 Å². The number of nitrogens with one attached hydrogen (secondary N) is 3. The Bertz CT molecular complexity index is 1510. The van der Waals surface area contributed by atoms with Crippen LogP contribution in [0.3, 0.4) is 0 Å². The molecule has 190 valence electrons. The Kier molecular flexibility index (Phi) is 7.18. The molecule has 0 aliphatic carbocycles. The van der Waals surface area contributed by atoms with Crippen LogP contribution in [0.5, 0.6) is 0 Å². The SMILES string of the molecule is CCn1c(=O)c(-c2ccc(C(=O)NN)cc2Cl)cc2cnc(Nc3ccc(C4CCNCC4)cc3)nc21. The zero-order valence-corrected chi connectivity index (χ0v) is 21.2. The number of benzene rings is 2. The normalized spacial score (nSPS) is 14.0. The number of carbonyl (C=O) groups excluding carboxylic acids is 1. The number of nitrogens with two attached hydrogens (primary N) is 1. The number of pyridine rings is 1. The minimum Gasteiger partial charge on any atom is -0.324 e. The maximum Gasteiger partial charge on any atom is 0.265 e. The number of anilines is 2. The van der Waals surface area contributed by atoms with Gasteiger partial charge < -0.3 is 10.6 Å². The molecule has 10 heteroatoms.